The summed E-state index contributed by atoms with van der Waals surface area (Å²) < 4.78 is 0. The number of carbonyl (C=O) groups excluding carboxylic acids is 1. The summed E-state index contributed by atoms with van der Waals surface area (Å²) in [5.41, 5.74) is 0.259. The molecular weight excluding hydrogens is 258 g/mol. The summed E-state index contributed by atoms with van der Waals surface area (Å²) in [4.78, 5) is 24.4. The molecule has 0 aromatic carbocycles. The third-order valence-electron chi connectivity index (χ3n) is 2.07. The molecule has 0 aliphatic heterocycles. The average molecular weight is 270 g/mol. The minimum atomic E-state index is -0.579. The zero-order valence-electron chi connectivity index (χ0n) is 9.72. The minimum absolute atomic E-state index is 0.0609. The summed E-state index contributed by atoms with van der Waals surface area (Å²) in [6, 6.07) is 0. The number of nitrogens with one attached hydrogen (secondary N) is 1. The minimum Gasteiger partial charge on any atom is -0.356 e. The quantitative estimate of drug-likeness (QED) is 0.504. The molecule has 1 aromatic rings. The third-order valence-corrected chi connectivity index (χ3v) is 2.48. The first-order valence-electron chi connectivity index (χ1n) is 5.21. The van der Waals surface area contributed by atoms with Gasteiger partial charge in [0.05, 0.1) is 4.92 Å². The Bertz CT molecular complexity index is 488. The Morgan fingerprint density at radius 3 is 2.94 bits per heavy atom. The van der Waals surface area contributed by atoms with Crippen LogP contribution in [0, 0.1) is 10.1 Å². The Morgan fingerprint density at radius 1 is 1.61 bits per heavy atom. The van der Waals surface area contributed by atoms with E-state index in [-0.39, 0.29) is 16.6 Å². The third kappa shape index (κ3) is 4.14. The van der Waals surface area contributed by atoms with Crippen molar-refractivity contribution in [3.05, 3.63) is 39.2 Å². The van der Waals surface area contributed by atoms with Gasteiger partial charge >= 0.3 is 5.69 Å². The van der Waals surface area contributed by atoms with Crippen molar-refractivity contribution in [1.29, 1.82) is 0 Å². The number of hydrogen-bond acceptors (Lipinski definition) is 4. The Kier molecular flexibility index (Phi) is 5.26. The van der Waals surface area contributed by atoms with Gasteiger partial charge in [0.1, 0.15) is 11.2 Å². The predicted octanol–water partition coefficient (Wildman–Crippen LogP) is 2.18. The van der Waals surface area contributed by atoms with Gasteiger partial charge in [-0.15, -0.1) is 0 Å². The summed E-state index contributed by atoms with van der Waals surface area (Å²) in [5.74, 6) is -0.0987. The largest absolute Gasteiger partial charge is 0.356 e. The van der Waals surface area contributed by atoms with Gasteiger partial charge in [-0.2, -0.15) is 0 Å². The van der Waals surface area contributed by atoms with Gasteiger partial charge in [0.2, 0.25) is 5.91 Å². The van der Waals surface area contributed by atoms with Crippen LogP contribution in [0.15, 0.2) is 18.5 Å². The molecule has 0 saturated carbocycles. The molecule has 0 radical (unpaired) electrons. The summed E-state index contributed by atoms with van der Waals surface area (Å²) in [7, 11) is 0. The number of halogens is 1. The first-order valence-corrected chi connectivity index (χ1v) is 5.59. The molecule has 0 atom stereocenters. The lowest BCUT2D eigenvalue weighted by Gasteiger charge is -1.99. The molecule has 0 fully saturated rings. The Morgan fingerprint density at radius 2 is 2.33 bits per heavy atom. The second-order valence-corrected chi connectivity index (χ2v) is 3.87. The number of carbonyl (C=O) groups is 1. The van der Waals surface area contributed by atoms with E-state index < -0.39 is 4.92 Å². The SMILES string of the molecule is CC(=O)NCCC=Cc1cncc([N+](=O)[O-])c1Cl. The van der Waals surface area contributed by atoms with E-state index in [0.29, 0.717) is 18.5 Å². The topological polar surface area (TPSA) is 85.1 Å². The number of nitro groups is 1. The maximum atomic E-state index is 10.6. The van der Waals surface area contributed by atoms with Crippen LogP contribution in [0.1, 0.15) is 18.9 Å². The molecule has 18 heavy (non-hydrogen) atoms. The van der Waals surface area contributed by atoms with Gasteiger partial charge in [-0.25, -0.2) is 0 Å². The van der Waals surface area contributed by atoms with Crippen molar-refractivity contribution < 1.29 is 9.72 Å². The molecule has 0 aliphatic rings. The van der Waals surface area contributed by atoms with Gasteiger partial charge in [-0.1, -0.05) is 23.8 Å². The molecule has 6 nitrogen and oxygen atoms in total. The molecule has 1 rings (SSSR count). The Hall–Kier alpha value is -1.95. The van der Waals surface area contributed by atoms with Crippen molar-refractivity contribution in [2.45, 2.75) is 13.3 Å². The van der Waals surface area contributed by atoms with Crippen LogP contribution in [0.2, 0.25) is 5.02 Å². The number of amides is 1. The number of aromatic nitrogens is 1. The van der Waals surface area contributed by atoms with E-state index in [1.165, 1.54) is 13.1 Å². The van der Waals surface area contributed by atoms with Crippen molar-refractivity contribution in [2.75, 3.05) is 6.54 Å². The lowest BCUT2D eigenvalue weighted by atomic mass is 10.2. The van der Waals surface area contributed by atoms with Gasteiger partial charge < -0.3 is 5.32 Å². The molecule has 1 heterocycles. The zero-order valence-corrected chi connectivity index (χ0v) is 10.5. The van der Waals surface area contributed by atoms with Crippen LogP contribution in [0.5, 0.6) is 0 Å². The lowest BCUT2D eigenvalue weighted by molar-refractivity contribution is -0.385. The molecule has 1 N–H and O–H groups in total. The van der Waals surface area contributed by atoms with Crippen molar-refractivity contribution >= 4 is 29.3 Å². The van der Waals surface area contributed by atoms with Gasteiger partial charge in [-0.05, 0) is 6.42 Å². The highest BCUT2D eigenvalue weighted by molar-refractivity contribution is 6.34. The van der Waals surface area contributed by atoms with E-state index >= 15 is 0 Å². The van der Waals surface area contributed by atoms with Crippen LogP contribution >= 0.6 is 11.6 Å². The van der Waals surface area contributed by atoms with E-state index in [4.69, 9.17) is 11.6 Å². The fraction of sp³-hybridized carbons (Fsp3) is 0.273. The molecule has 1 amide bonds. The molecule has 0 aliphatic carbocycles. The second-order valence-electron chi connectivity index (χ2n) is 3.49. The Labute approximate surface area is 109 Å². The lowest BCUT2D eigenvalue weighted by Crippen LogP contribution is -2.20. The van der Waals surface area contributed by atoms with E-state index in [9.17, 15) is 14.9 Å². The van der Waals surface area contributed by atoms with Crippen LogP contribution < -0.4 is 5.32 Å². The van der Waals surface area contributed by atoms with E-state index in [2.05, 4.69) is 10.3 Å². The second kappa shape index (κ2) is 6.70. The molecule has 7 heteroatoms. The van der Waals surface area contributed by atoms with Crippen LogP contribution in [-0.2, 0) is 4.79 Å². The smallest absolute Gasteiger partial charge is 0.306 e. The van der Waals surface area contributed by atoms with Crippen LogP contribution in [0.4, 0.5) is 5.69 Å². The van der Waals surface area contributed by atoms with E-state index in [1.54, 1.807) is 12.2 Å². The molecule has 0 saturated heterocycles. The van der Waals surface area contributed by atoms with Gasteiger partial charge in [0, 0.05) is 25.2 Å². The van der Waals surface area contributed by atoms with Crippen molar-refractivity contribution in [3.63, 3.8) is 0 Å². The highest BCUT2D eigenvalue weighted by Crippen LogP contribution is 2.27. The predicted molar refractivity (Wildman–Crippen MR) is 68.2 cm³/mol. The van der Waals surface area contributed by atoms with Gasteiger partial charge in [0.25, 0.3) is 0 Å². The van der Waals surface area contributed by atoms with Crippen molar-refractivity contribution in [3.8, 4) is 0 Å². The van der Waals surface area contributed by atoms with E-state index in [1.807, 2.05) is 0 Å². The standard InChI is InChI=1S/C11H12ClN3O3/c1-8(16)14-5-3-2-4-9-6-13-7-10(11(9)12)15(17)18/h2,4,6-7H,3,5H2,1H3,(H,14,16). The summed E-state index contributed by atoms with van der Waals surface area (Å²) in [6.07, 6.45) is 6.58. The fourth-order valence-electron chi connectivity index (χ4n) is 1.23. The number of rotatable bonds is 5. The van der Waals surface area contributed by atoms with Crippen LogP contribution in [0.3, 0.4) is 0 Å². The highest BCUT2D eigenvalue weighted by atomic mass is 35.5. The van der Waals surface area contributed by atoms with Gasteiger partial charge in [-0.3, -0.25) is 19.9 Å². The number of nitrogens with zero attached hydrogens (tertiary/aromatic N) is 2. The monoisotopic (exact) mass is 269 g/mol. The Balaban J connectivity index is 2.67. The highest BCUT2D eigenvalue weighted by Gasteiger charge is 2.14. The number of hydrogen-bond donors (Lipinski definition) is 1. The molecule has 1 aromatic heterocycles. The molecule has 0 spiro atoms. The molecule has 0 unspecified atom stereocenters. The maximum Gasteiger partial charge on any atom is 0.306 e. The summed E-state index contributed by atoms with van der Waals surface area (Å²) >= 11 is 5.86. The van der Waals surface area contributed by atoms with Crippen molar-refractivity contribution in [1.82, 2.24) is 10.3 Å². The summed E-state index contributed by atoms with van der Waals surface area (Å²) in [5, 5.41) is 13.3. The maximum absolute atomic E-state index is 10.6. The molecular formula is C11H12ClN3O3. The van der Waals surface area contributed by atoms with Gasteiger partial charge in [0.15, 0.2) is 0 Å². The molecule has 96 valence electrons. The van der Waals surface area contributed by atoms with E-state index in [0.717, 1.165) is 6.20 Å². The molecule has 0 bridgehead atoms. The fourth-order valence-corrected chi connectivity index (χ4v) is 1.46. The summed E-state index contributed by atoms with van der Waals surface area (Å²) in [6.45, 7) is 1.94. The van der Waals surface area contributed by atoms with Crippen LogP contribution in [-0.4, -0.2) is 22.4 Å². The average Bonchev–Trinajstić information content (AvgIpc) is 2.30. The number of pyridine rings is 1. The van der Waals surface area contributed by atoms with Crippen LogP contribution in [0.25, 0.3) is 6.08 Å². The first-order chi connectivity index (χ1) is 8.52. The normalized spacial score (nSPS) is 10.6. The zero-order chi connectivity index (χ0) is 13.5. The van der Waals surface area contributed by atoms with Crippen molar-refractivity contribution in [2.24, 2.45) is 0 Å². The first kappa shape index (κ1) is 14.1.